The molecular formula is C15H22BrNO. The van der Waals surface area contributed by atoms with Crippen molar-refractivity contribution in [1.82, 2.24) is 5.32 Å². The van der Waals surface area contributed by atoms with Crippen LogP contribution in [0.3, 0.4) is 0 Å². The van der Waals surface area contributed by atoms with Crippen LogP contribution in [0.1, 0.15) is 31.4 Å². The minimum absolute atomic E-state index is 0.330. The van der Waals surface area contributed by atoms with Crippen LogP contribution in [0.15, 0.2) is 22.7 Å². The maximum Gasteiger partial charge on any atom is 0.0594 e. The number of ether oxygens (including phenoxy) is 1. The summed E-state index contributed by atoms with van der Waals surface area (Å²) in [7, 11) is 0. The lowest BCUT2D eigenvalue weighted by molar-refractivity contribution is 0.0790. The van der Waals surface area contributed by atoms with E-state index in [0.717, 1.165) is 19.6 Å². The zero-order chi connectivity index (χ0) is 13.0. The van der Waals surface area contributed by atoms with Crippen molar-refractivity contribution in [2.45, 2.75) is 45.3 Å². The van der Waals surface area contributed by atoms with Crippen LogP contribution in [0.5, 0.6) is 0 Å². The summed E-state index contributed by atoms with van der Waals surface area (Å²) >= 11 is 3.54. The van der Waals surface area contributed by atoms with Crippen LogP contribution >= 0.6 is 15.9 Å². The first-order valence-electron chi connectivity index (χ1n) is 6.77. The molecule has 1 atom stereocenters. The molecule has 0 heterocycles. The van der Waals surface area contributed by atoms with Crippen LogP contribution < -0.4 is 5.32 Å². The summed E-state index contributed by atoms with van der Waals surface area (Å²) in [6.45, 7) is 5.92. The number of halogens is 1. The zero-order valence-corrected chi connectivity index (χ0v) is 12.8. The molecule has 1 unspecified atom stereocenters. The van der Waals surface area contributed by atoms with Crippen LogP contribution in [-0.2, 0) is 17.6 Å². The first-order chi connectivity index (χ1) is 8.65. The standard InChI is InChI=1S/C15H22BrNO/c1-11(2)18-8-7-17-15-6-4-12-9-14(16)5-3-13(12)10-15/h3,5,9,11,15,17H,4,6-8,10H2,1-2H3. The van der Waals surface area contributed by atoms with Gasteiger partial charge in [0.2, 0.25) is 0 Å². The average molecular weight is 312 g/mol. The number of hydrogen-bond acceptors (Lipinski definition) is 2. The predicted octanol–water partition coefficient (Wildman–Crippen LogP) is 3.32. The van der Waals surface area contributed by atoms with Crippen molar-refractivity contribution < 1.29 is 4.74 Å². The third-order valence-corrected chi connectivity index (χ3v) is 3.88. The molecule has 1 aromatic carbocycles. The molecule has 0 spiro atoms. The Hall–Kier alpha value is -0.380. The quantitative estimate of drug-likeness (QED) is 0.842. The van der Waals surface area contributed by atoms with Gasteiger partial charge in [-0.3, -0.25) is 0 Å². The highest BCUT2D eigenvalue weighted by Crippen LogP contribution is 2.24. The number of benzene rings is 1. The van der Waals surface area contributed by atoms with E-state index in [1.54, 1.807) is 0 Å². The Morgan fingerprint density at radius 1 is 1.39 bits per heavy atom. The van der Waals surface area contributed by atoms with E-state index < -0.39 is 0 Å². The SMILES string of the molecule is CC(C)OCCNC1CCc2cc(Br)ccc2C1. The van der Waals surface area contributed by atoms with Gasteiger partial charge in [0, 0.05) is 17.1 Å². The van der Waals surface area contributed by atoms with Crippen LogP contribution in [0.4, 0.5) is 0 Å². The Morgan fingerprint density at radius 3 is 3.00 bits per heavy atom. The Balaban J connectivity index is 1.79. The van der Waals surface area contributed by atoms with E-state index in [1.165, 1.54) is 28.4 Å². The second-order valence-corrected chi connectivity index (χ2v) is 6.14. The van der Waals surface area contributed by atoms with Crippen LogP contribution in [0, 0.1) is 0 Å². The van der Waals surface area contributed by atoms with Crippen molar-refractivity contribution in [3.63, 3.8) is 0 Å². The van der Waals surface area contributed by atoms with Gasteiger partial charge in [0.05, 0.1) is 12.7 Å². The fourth-order valence-corrected chi connectivity index (χ4v) is 2.86. The van der Waals surface area contributed by atoms with E-state index in [9.17, 15) is 0 Å². The van der Waals surface area contributed by atoms with Crippen molar-refractivity contribution in [1.29, 1.82) is 0 Å². The second-order valence-electron chi connectivity index (χ2n) is 5.23. The summed E-state index contributed by atoms with van der Waals surface area (Å²) < 4.78 is 6.74. The average Bonchev–Trinajstić information content (AvgIpc) is 2.34. The molecule has 0 saturated heterocycles. The summed E-state index contributed by atoms with van der Waals surface area (Å²) in [6, 6.07) is 7.25. The Kier molecular flexibility index (Phi) is 5.22. The van der Waals surface area contributed by atoms with E-state index >= 15 is 0 Å². The molecule has 0 saturated carbocycles. The highest BCUT2D eigenvalue weighted by atomic mass is 79.9. The van der Waals surface area contributed by atoms with E-state index in [4.69, 9.17) is 4.74 Å². The van der Waals surface area contributed by atoms with Crippen molar-refractivity contribution in [3.05, 3.63) is 33.8 Å². The van der Waals surface area contributed by atoms with Gasteiger partial charge in [0.1, 0.15) is 0 Å². The largest absolute Gasteiger partial charge is 0.377 e. The van der Waals surface area contributed by atoms with Gasteiger partial charge in [-0.05, 0) is 56.4 Å². The topological polar surface area (TPSA) is 21.3 Å². The van der Waals surface area contributed by atoms with Crippen LogP contribution in [0.25, 0.3) is 0 Å². The third-order valence-electron chi connectivity index (χ3n) is 3.38. The molecule has 1 aromatic rings. The van der Waals surface area contributed by atoms with Gasteiger partial charge in [-0.15, -0.1) is 0 Å². The van der Waals surface area contributed by atoms with E-state index in [2.05, 4.69) is 53.3 Å². The van der Waals surface area contributed by atoms with Gasteiger partial charge < -0.3 is 10.1 Å². The summed E-state index contributed by atoms with van der Waals surface area (Å²) in [5.41, 5.74) is 2.99. The fourth-order valence-electron chi connectivity index (χ4n) is 2.46. The summed E-state index contributed by atoms with van der Waals surface area (Å²) in [5.74, 6) is 0. The molecular weight excluding hydrogens is 290 g/mol. The normalized spacial score (nSPS) is 19.0. The molecule has 100 valence electrons. The summed E-state index contributed by atoms with van der Waals surface area (Å²) in [6.07, 6.45) is 3.88. The molecule has 18 heavy (non-hydrogen) atoms. The molecule has 1 N–H and O–H groups in total. The molecule has 0 amide bonds. The van der Waals surface area contributed by atoms with Crippen molar-refractivity contribution >= 4 is 15.9 Å². The molecule has 0 aromatic heterocycles. The van der Waals surface area contributed by atoms with Crippen LogP contribution in [0.2, 0.25) is 0 Å². The van der Waals surface area contributed by atoms with Crippen molar-refractivity contribution in [3.8, 4) is 0 Å². The number of rotatable bonds is 5. The summed E-state index contributed by atoms with van der Waals surface area (Å²) in [5, 5.41) is 3.60. The predicted molar refractivity (Wildman–Crippen MR) is 79.0 cm³/mol. The highest BCUT2D eigenvalue weighted by Gasteiger charge is 2.17. The lowest BCUT2D eigenvalue weighted by atomic mass is 9.88. The van der Waals surface area contributed by atoms with E-state index in [0.29, 0.717) is 12.1 Å². The Labute approximate surface area is 118 Å². The maximum atomic E-state index is 5.55. The van der Waals surface area contributed by atoms with Crippen molar-refractivity contribution in [2.75, 3.05) is 13.2 Å². The van der Waals surface area contributed by atoms with Gasteiger partial charge in [-0.25, -0.2) is 0 Å². The van der Waals surface area contributed by atoms with Gasteiger partial charge in [-0.1, -0.05) is 22.0 Å². The molecule has 0 bridgehead atoms. The second kappa shape index (κ2) is 6.69. The number of fused-ring (bicyclic) bond motifs is 1. The molecule has 0 fully saturated rings. The van der Waals surface area contributed by atoms with Crippen molar-refractivity contribution in [2.24, 2.45) is 0 Å². The molecule has 1 aliphatic carbocycles. The molecule has 1 aliphatic rings. The highest BCUT2D eigenvalue weighted by molar-refractivity contribution is 9.10. The smallest absolute Gasteiger partial charge is 0.0594 e. The van der Waals surface area contributed by atoms with E-state index in [-0.39, 0.29) is 0 Å². The van der Waals surface area contributed by atoms with Gasteiger partial charge in [0.25, 0.3) is 0 Å². The minimum atomic E-state index is 0.330. The zero-order valence-electron chi connectivity index (χ0n) is 11.2. The van der Waals surface area contributed by atoms with Gasteiger partial charge in [0.15, 0.2) is 0 Å². The fraction of sp³-hybridized carbons (Fsp3) is 0.600. The third kappa shape index (κ3) is 4.08. The number of aryl methyl sites for hydroxylation is 1. The number of hydrogen-bond donors (Lipinski definition) is 1. The first-order valence-corrected chi connectivity index (χ1v) is 7.56. The lowest BCUT2D eigenvalue weighted by Gasteiger charge is -2.26. The molecule has 0 radical (unpaired) electrons. The van der Waals surface area contributed by atoms with Gasteiger partial charge in [-0.2, -0.15) is 0 Å². The lowest BCUT2D eigenvalue weighted by Crippen LogP contribution is -2.36. The first kappa shape index (κ1) is 14.0. The van der Waals surface area contributed by atoms with Gasteiger partial charge >= 0.3 is 0 Å². The number of nitrogens with one attached hydrogen (secondary N) is 1. The molecule has 2 nitrogen and oxygen atoms in total. The Morgan fingerprint density at radius 2 is 2.22 bits per heavy atom. The molecule has 3 heteroatoms. The molecule has 2 rings (SSSR count). The minimum Gasteiger partial charge on any atom is -0.377 e. The maximum absolute atomic E-state index is 5.55. The summed E-state index contributed by atoms with van der Waals surface area (Å²) in [4.78, 5) is 0. The molecule has 0 aliphatic heterocycles. The monoisotopic (exact) mass is 311 g/mol. The van der Waals surface area contributed by atoms with E-state index in [1.807, 2.05) is 0 Å². The van der Waals surface area contributed by atoms with Crippen LogP contribution in [-0.4, -0.2) is 25.3 Å². The Bertz CT molecular complexity index is 392.